The van der Waals surface area contributed by atoms with E-state index in [9.17, 15) is 9.18 Å². The number of nitrogens with zero attached hydrogens (tertiary/aromatic N) is 1. The quantitative estimate of drug-likeness (QED) is 0.706. The van der Waals surface area contributed by atoms with Crippen LogP contribution in [0.2, 0.25) is 0 Å². The second kappa shape index (κ2) is 3.71. The van der Waals surface area contributed by atoms with Gasteiger partial charge in [-0.2, -0.15) is 4.39 Å². The first-order chi connectivity index (χ1) is 6.42. The van der Waals surface area contributed by atoms with Gasteiger partial charge in [0.15, 0.2) is 0 Å². The molecule has 0 aliphatic rings. The number of hydrogen-bond acceptors (Lipinski definition) is 3. The average Bonchev–Trinajstić information content (AvgIpc) is 2.02. The Balaban J connectivity index is 2.91. The fourth-order valence-corrected chi connectivity index (χ4v) is 1.13. The van der Waals surface area contributed by atoms with Crippen molar-refractivity contribution < 1.29 is 14.3 Å². The highest BCUT2D eigenvalue weighted by Crippen LogP contribution is 2.20. The van der Waals surface area contributed by atoms with E-state index in [1.807, 2.05) is 0 Å². The summed E-state index contributed by atoms with van der Waals surface area (Å²) in [4.78, 5) is 13.9. The Morgan fingerprint density at radius 3 is 2.79 bits per heavy atom. The maximum absolute atomic E-state index is 12.5. The summed E-state index contributed by atoms with van der Waals surface area (Å²) in [6.07, 6.45) is 1.03. The standard InChI is InChI=1S/C9H11FN2O2/c1-9(11,4-8(13)14)6-2-3-7(10)12-5-6/h2-3,5H,4,11H2,1H3,(H,13,14)/t9-/m1/s1. The van der Waals surface area contributed by atoms with E-state index in [1.54, 1.807) is 6.92 Å². The van der Waals surface area contributed by atoms with Gasteiger partial charge in [-0.3, -0.25) is 4.79 Å². The number of carbonyl (C=O) groups is 1. The van der Waals surface area contributed by atoms with Crippen LogP contribution in [-0.2, 0) is 10.3 Å². The van der Waals surface area contributed by atoms with Crippen LogP contribution < -0.4 is 5.73 Å². The molecular weight excluding hydrogens is 187 g/mol. The lowest BCUT2D eigenvalue weighted by Crippen LogP contribution is -2.35. The number of nitrogens with two attached hydrogens (primary N) is 1. The SMILES string of the molecule is C[C@@](N)(CC(=O)O)c1ccc(F)nc1. The van der Waals surface area contributed by atoms with Crippen molar-refractivity contribution in [3.8, 4) is 0 Å². The van der Waals surface area contributed by atoms with E-state index in [-0.39, 0.29) is 6.42 Å². The highest BCUT2D eigenvalue weighted by molar-refractivity contribution is 5.68. The Bertz CT molecular complexity index is 335. The summed E-state index contributed by atoms with van der Waals surface area (Å²) in [6.45, 7) is 1.57. The smallest absolute Gasteiger partial charge is 0.305 e. The molecule has 0 saturated carbocycles. The van der Waals surface area contributed by atoms with Crippen LogP contribution in [-0.4, -0.2) is 16.1 Å². The molecule has 0 fully saturated rings. The molecule has 0 aromatic carbocycles. The van der Waals surface area contributed by atoms with Gasteiger partial charge >= 0.3 is 5.97 Å². The summed E-state index contributed by atoms with van der Waals surface area (Å²) in [5, 5.41) is 8.59. The van der Waals surface area contributed by atoms with Gasteiger partial charge in [-0.1, -0.05) is 6.07 Å². The molecule has 0 bridgehead atoms. The summed E-state index contributed by atoms with van der Waals surface area (Å²) in [5.41, 5.74) is 5.23. The van der Waals surface area contributed by atoms with Crippen LogP contribution in [0.1, 0.15) is 18.9 Å². The summed E-state index contributed by atoms with van der Waals surface area (Å²) < 4.78 is 12.5. The number of pyridine rings is 1. The Kier molecular flexibility index (Phi) is 2.81. The van der Waals surface area contributed by atoms with Crippen molar-refractivity contribution in [1.29, 1.82) is 0 Å². The van der Waals surface area contributed by atoms with Gasteiger partial charge in [-0.25, -0.2) is 4.98 Å². The first kappa shape index (κ1) is 10.6. The molecule has 1 rings (SSSR count). The molecule has 0 radical (unpaired) electrons. The number of aromatic nitrogens is 1. The van der Waals surface area contributed by atoms with Crippen LogP contribution >= 0.6 is 0 Å². The van der Waals surface area contributed by atoms with Gasteiger partial charge in [0.05, 0.1) is 12.0 Å². The molecule has 4 nitrogen and oxygen atoms in total. The van der Waals surface area contributed by atoms with Crippen molar-refractivity contribution in [3.63, 3.8) is 0 Å². The normalized spacial score (nSPS) is 14.8. The fraction of sp³-hybridized carbons (Fsp3) is 0.333. The van der Waals surface area contributed by atoms with Crippen LogP contribution in [0.15, 0.2) is 18.3 Å². The van der Waals surface area contributed by atoms with Gasteiger partial charge in [0.2, 0.25) is 5.95 Å². The summed E-state index contributed by atoms with van der Waals surface area (Å²) >= 11 is 0. The first-order valence-corrected chi connectivity index (χ1v) is 4.04. The van der Waals surface area contributed by atoms with Crippen molar-refractivity contribution in [2.24, 2.45) is 5.73 Å². The third-order valence-electron chi connectivity index (χ3n) is 1.91. The molecule has 1 aromatic rings. The number of rotatable bonds is 3. The Hall–Kier alpha value is -1.49. The fourth-order valence-electron chi connectivity index (χ4n) is 1.13. The van der Waals surface area contributed by atoms with Crippen molar-refractivity contribution in [2.45, 2.75) is 18.9 Å². The lowest BCUT2D eigenvalue weighted by Gasteiger charge is -2.22. The zero-order valence-electron chi connectivity index (χ0n) is 7.70. The molecule has 1 aromatic heterocycles. The van der Waals surface area contributed by atoms with E-state index < -0.39 is 17.5 Å². The van der Waals surface area contributed by atoms with E-state index in [0.717, 1.165) is 6.07 Å². The van der Waals surface area contributed by atoms with Gasteiger partial charge < -0.3 is 10.8 Å². The molecule has 0 aliphatic carbocycles. The Morgan fingerprint density at radius 2 is 2.36 bits per heavy atom. The molecule has 0 aliphatic heterocycles. The van der Waals surface area contributed by atoms with Crippen molar-refractivity contribution >= 4 is 5.97 Å². The number of aliphatic carboxylic acids is 1. The molecular formula is C9H11FN2O2. The zero-order valence-corrected chi connectivity index (χ0v) is 7.70. The molecule has 76 valence electrons. The molecule has 0 amide bonds. The molecule has 14 heavy (non-hydrogen) atoms. The van der Waals surface area contributed by atoms with Gasteiger partial charge in [0.25, 0.3) is 0 Å². The predicted molar refractivity (Wildman–Crippen MR) is 48.0 cm³/mol. The minimum atomic E-state index is -1.02. The molecule has 0 saturated heterocycles. The number of carboxylic acid groups (broad SMARTS) is 1. The van der Waals surface area contributed by atoms with E-state index in [0.29, 0.717) is 5.56 Å². The monoisotopic (exact) mass is 198 g/mol. The van der Waals surface area contributed by atoms with E-state index >= 15 is 0 Å². The molecule has 0 spiro atoms. The van der Waals surface area contributed by atoms with Crippen LogP contribution in [0.4, 0.5) is 4.39 Å². The van der Waals surface area contributed by atoms with Crippen LogP contribution in [0.25, 0.3) is 0 Å². The molecule has 5 heteroatoms. The minimum absolute atomic E-state index is 0.222. The van der Waals surface area contributed by atoms with Gasteiger partial charge in [-0.05, 0) is 18.6 Å². The topological polar surface area (TPSA) is 76.2 Å². The zero-order chi connectivity index (χ0) is 10.8. The van der Waals surface area contributed by atoms with E-state index in [2.05, 4.69) is 4.98 Å². The largest absolute Gasteiger partial charge is 0.481 e. The third-order valence-corrected chi connectivity index (χ3v) is 1.91. The lowest BCUT2D eigenvalue weighted by atomic mass is 9.91. The molecule has 1 heterocycles. The highest BCUT2D eigenvalue weighted by atomic mass is 19.1. The van der Waals surface area contributed by atoms with Crippen LogP contribution in [0, 0.1) is 5.95 Å². The highest BCUT2D eigenvalue weighted by Gasteiger charge is 2.24. The molecule has 0 unspecified atom stereocenters. The Morgan fingerprint density at radius 1 is 1.71 bits per heavy atom. The Labute approximate surface area is 80.6 Å². The molecule has 1 atom stereocenters. The number of hydrogen-bond donors (Lipinski definition) is 2. The lowest BCUT2D eigenvalue weighted by molar-refractivity contribution is -0.138. The summed E-state index contributed by atoms with van der Waals surface area (Å²) in [7, 11) is 0. The van der Waals surface area contributed by atoms with Gasteiger partial charge in [0, 0.05) is 6.20 Å². The predicted octanol–water partition coefficient (Wildman–Crippen LogP) is 0.869. The first-order valence-electron chi connectivity index (χ1n) is 4.04. The maximum Gasteiger partial charge on any atom is 0.305 e. The molecule has 3 N–H and O–H groups in total. The second-order valence-electron chi connectivity index (χ2n) is 3.36. The van der Waals surface area contributed by atoms with E-state index in [4.69, 9.17) is 10.8 Å². The van der Waals surface area contributed by atoms with Crippen LogP contribution in [0.3, 0.4) is 0 Å². The summed E-state index contributed by atoms with van der Waals surface area (Å²) in [6, 6.07) is 2.59. The van der Waals surface area contributed by atoms with E-state index in [1.165, 1.54) is 12.3 Å². The number of carboxylic acids is 1. The van der Waals surface area contributed by atoms with Gasteiger partial charge in [-0.15, -0.1) is 0 Å². The van der Waals surface area contributed by atoms with Crippen molar-refractivity contribution in [1.82, 2.24) is 4.98 Å². The maximum atomic E-state index is 12.5. The van der Waals surface area contributed by atoms with Crippen LogP contribution in [0.5, 0.6) is 0 Å². The van der Waals surface area contributed by atoms with Crippen molar-refractivity contribution in [2.75, 3.05) is 0 Å². The van der Waals surface area contributed by atoms with Crippen molar-refractivity contribution in [3.05, 3.63) is 29.8 Å². The number of halogens is 1. The summed E-state index contributed by atoms with van der Waals surface area (Å²) in [5.74, 6) is -1.61. The van der Waals surface area contributed by atoms with Gasteiger partial charge in [0.1, 0.15) is 0 Å². The second-order valence-corrected chi connectivity index (χ2v) is 3.36. The average molecular weight is 198 g/mol. The third kappa shape index (κ3) is 2.50. The minimum Gasteiger partial charge on any atom is -0.481 e.